The summed E-state index contributed by atoms with van der Waals surface area (Å²) in [5.74, 6) is -0.405. The van der Waals surface area contributed by atoms with Crippen molar-refractivity contribution in [1.82, 2.24) is 14.8 Å². The fourth-order valence-corrected chi connectivity index (χ4v) is 5.53. The van der Waals surface area contributed by atoms with Crippen molar-refractivity contribution in [1.29, 1.82) is 0 Å². The van der Waals surface area contributed by atoms with Gasteiger partial charge in [0.05, 0.1) is 24.9 Å². The second-order valence-corrected chi connectivity index (χ2v) is 11.3. The van der Waals surface area contributed by atoms with Crippen LogP contribution >= 0.6 is 0 Å². The van der Waals surface area contributed by atoms with Crippen molar-refractivity contribution >= 4 is 11.7 Å². The standard InChI is InChI=1S/C28H36F3N3O4.H2/c1-18(2)10-15-38-21-8-6-19(16-22(21)37-5)25(36)33-13-11-27(12-14-33)23-9-7-20(24(35)28(29,30)31)34(23)17-26(3,4)32-27;/h6-9,16,18,32H,10-15,17H2,1-5H3;1H. The summed E-state index contributed by atoms with van der Waals surface area (Å²) in [5, 5.41) is 3.62. The third-order valence-corrected chi connectivity index (χ3v) is 7.36. The molecular formula is C28H38F3N3O4. The van der Waals surface area contributed by atoms with Gasteiger partial charge in [-0.05, 0) is 69.4 Å². The van der Waals surface area contributed by atoms with E-state index in [0.29, 0.717) is 61.2 Å². The zero-order chi connectivity index (χ0) is 27.9. The molecule has 0 saturated carbocycles. The Balaban J connectivity index is 0.00000420. The fourth-order valence-electron chi connectivity index (χ4n) is 5.53. The fraction of sp³-hybridized carbons (Fsp3) is 0.571. The Bertz CT molecular complexity index is 1200. The highest BCUT2D eigenvalue weighted by atomic mass is 19.4. The number of aromatic nitrogens is 1. The number of Topliss-reactive ketones (excluding diaryl/α,β-unsaturated/α-hetero) is 1. The van der Waals surface area contributed by atoms with E-state index in [0.717, 1.165) is 6.42 Å². The van der Waals surface area contributed by atoms with Crippen LogP contribution < -0.4 is 14.8 Å². The minimum absolute atomic E-state index is 0. The van der Waals surface area contributed by atoms with E-state index in [1.807, 2.05) is 13.8 Å². The number of amides is 1. The van der Waals surface area contributed by atoms with Crippen molar-refractivity contribution < 1.29 is 33.7 Å². The number of fused-ring (bicyclic) bond motifs is 2. The Hall–Kier alpha value is -3.01. The molecule has 0 unspecified atom stereocenters. The molecule has 1 fully saturated rings. The van der Waals surface area contributed by atoms with E-state index >= 15 is 0 Å². The lowest BCUT2D eigenvalue weighted by Gasteiger charge is -2.51. The van der Waals surface area contributed by atoms with Gasteiger partial charge in [0, 0.05) is 37.9 Å². The topological polar surface area (TPSA) is 72.8 Å². The average Bonchev–Trinajstić information content (AvgIpc) is 3.26. The number of benzene rings is 1. The lowest BCUT2D eigenvalue weighted by molar-refractivity contribution is -0.0892. The van der Waals surface area contributed by atoms with Crippen molar-refractivity contribution in [3.8, 4) is 11.5 Å². The molecule has 1 aromatic carbocycles. The summed E-state index contributed by atoms with van der Waals surface area (Å²) >= 11 is 0. The molecule has 2 aliphatic rings. The first-order valence-electron chi connectivity index (χ1n) is 13.0. The lowest BCUT2D eigenvalue weighted by atomic mass is 9.79. The van der Waals surface area contributed by atoms with E-state index in [1.54, 1.807) is 29.2 Å². The molecule has 0 radical (unpaired) electrons. The summed E-state index contributed by atoms with van der Waals surface area (Å²) in [4.78, 5) is 27.2. The molecule has 1 N–H and O–H groups in total. The summed E-state index contributed by atoms with van der Waals surface area (Å²) in [6.07, 6.45) is -3.04. The number of ether oxygens (including phenoxy) is 2. The van der Waals surface area contributed by atoms with Crippen molar-refractivity contribution in [2.45, 2.75) is 70.8 Å². The zero-order valence-electron chi connectivity index (χ0n) is 22.6. The number of hydrogen-bond donors (Lipinski definition) is 1. The largest absolute Gasteiger partial charge is 0.493 e. The van der Waals surface area contributed by atoms with Crippen LogP contribution in [0.2, 0.25) is 0 Å². The summed E-state index contributed by atoms with van der Waals surface area (Å²) < 4.78 is 52.5. The van der Waals surface area contributed by atoms with Crippen molar-refractivity contribution in [2.24, 2.45) is 5.92 Å². The van der Waals surface area contributed by atoms with Crippen LogP contribution in [-0.2, 0) is 12.1 Å². The highest BCUT2D eigenvalue weighted by molar-refractivity contribution is 5.99. The average molecular weight is 538 g/mol. The maximum Gasteiger partial charge on any atom is 0.456 e. The Morgan fingerprint density at radius 2 is 1.79 bits per heavy atom. The number of methoxy groups -OCH3 is 1. The van der Waals surface area contributed by atoms with Gasteiger partial charge in [-0.15, -0.1) is 0 Å². The molecule has 3 heterocycles. The zero-order valence-corrected chi connectivity index (χ0v) is 22.6. The third kappa shape index (κ3) is 5.55. The molecule has 7 nitrogen and oxygen atoms in total. The number of nitrogens with zero attached hydrogens (tertiary/aromatic N) is 2. The molecule has 4 rings (SSSR count). The Morgan fingerprint density at radius 3 is 2.39 bits per heavy atom. The van der Waals surface area contributed by atoms with Gasteiger partial charge in [-0.25, -0.2) is 0 Å². The van der Waals surface area contributed by atoms with Crippen LogP contribution in [0.5, 0.6) is 11.5 Å². The van der Waals surface area contributed by atoms with Gasteiger partial charge in [0.15, 0.2) is 11.5 Å². The van der Waals surface area contributed by atoms with Gasteiger partial charge in [0.25, 0.3) is 11.7 Å². The molecule has 0 atom stereocenters. The number of hydrogen-bond acceptors (Lipinski definition) is 5. The summed E-state index contributed by atoms with van der Waals surface area (Å²) in [5.41, 5.74) is -0.400. The van der Waals surface area contributed by atoms with Gasteiger partial charge in [-0.3, -0.25) is 14.9 Å². The van der Waals surface area contributed by atoms with E-state index in [9.17, 15) is 22.8 Å². The summed E-state index contributed by atoms with van der Waals surface area (Å²) in [6.45, 7) is 9.66. The summed E-state index contributed by atoms with van der Waals surface area (Å²) in [6, 6.07) is 8.03. The van der Waals surface area contributed by atoms with E-state index in [4.69, 9.17) is 9.47 Å². The SMILES string of the molecule is COc1cc(C(=O)N2CCC3(CC2)NC(C)(C)Cn2c(C(=O)C(F)(F)F)ccc23)ccc1OCCC(C)C.[HH]. The number of rotatable bonds is 7. The molecule has 1 spiro atoms. The maximum atomic E-state index is 13.4. The van der Waals surface area contributed by atoms with Gasteiger partial charge >= 0.3 is 6.18 Å². The quantitative estimate of drug-likeness (QED) is 0.477. The Kier molecular flexibility index (Phi) is 7.58. The number of alkyl halides is 3. The Labute approximate surface area is 222 Å². The number of nitrogens with one attached hydrogen (secondary N) is 1. The molecule has 2 aromatic rings. The van der Waals surface area contributed by atoms with Crippen LogP contribution in [0.3, 0.4) is 0 Å². The highest BCUT2D eigenvalue weighted by Gasteiger charge is 2.49. The van der Waals surface area contributed by atoms with Gasteiger partial charge in [0.1, 0.15) is 0 Å². The predicted molar refractivity (Wildman–Crippen MR) is 139 cm³/mol. The van der Waals surface area contributed by atoms with Crippen LogP contribution in [0, 0.1) is 5.92 Å². The minimum atomic E-state index is -4.94. The number of carbonyl (C=O) groups excluding carboxylic acids is 2. The van der Waals surface area contributed by atoms with Gasteiger partial charge < -0.3 is 18.9 Å². The highest BCUT2D eigenvalue weighted by Crippen LogP contribution is 2.41. The molecular weight excluding hydrogens is 499 g/mol. The molecule has 2 aliphatic heterocycles. The van der Waals surface area contributed by atoms with Crippen LogP contribution in [0.4, 0.5) is 13.2 Å². The normalized spacial score (nSPS) is 18.4. The number of likely N-dealkylation sites (tertiary alicyclic amines) is 1. The number of ketones is 1. The Morgan fingerprint density at radius 1 is 1.11 bits per heavy atom. The maximum absolute atomic E-state index is 13.4. The minimum Gasteiger partial charge on any atom is -0.493 e. The van der Waals surface area contributed by atoms with E-state index < -0.39 is 23.0 Å². The van der Waals surface area contributed by atoms with Crippen molar-refractivity contribution in [2.75, 3.05) is 26.8 Å². The first-order chi connectivity index (χ1) is 17.8. The summed E-state index contributed by atoms with van der Waals surface area (Å²) in [7, 11) is 1.53. The molecule has 0 aliphatic carbocycles. The molecule has 1 amide bonds. The van der Waals surface area contributed by atoms with Crippen LogP contribution in [0.1, 0.15) is 74.9 Å². The smallest absolute Gasteiger partial charge is 0.456 e. The lowest BCUT2D eigenvalue weighted by Crippen LogP contribution is -2.63. The molecule has 0 bridgehead atoms. The van der Waals surface area contributed by atoms with Gasteiger partial charge in [-0.2, -0.15) is 13.2 Å². The van der Waals surface area contributed by atoms with Crippen LogP contribution in [0.25, 0.3) is 0 Å². The van der Waals surface area contributed by atoms with Gasteiger partial charge in [0.2, 0.25) is 0 Å². The first kappa shape index (κ1) is 28.0. The van der Waals surface area contributed by atoms with E-state index in [2.05, 4.69) is 19.2 Å². The second kappa shape index (κ2) is 10.3. The molecule has 1 saturated heterocycles. The molecule has 1 aromatic heterocycles. The van der Waals surface area contributed by atoms with E-state index in [-0.39, 0.29) is 19.6 Å². The monoisotopic (exact) mass is 537 g/mol. The van der Waals surface area contributed by atoms with Crippen molar-refractivity contribution in [3.63, 3.8) is 0 Å². The predicted octanol–water partition coefficient (Wildman–Crippen LogP) is 5.43. The van der Waals surface area contributed by atoms with Crippen LogP contribution in [0.15, 0.2) is 30.3 Å². The third-order valence-electron chi connectivity index (χ3n) is 7.36. The number of halogens is 3. The number of piperidine rings is 1. The molecule has 210 valence electrons. The van der Waals surface area contributed by atoms with Gasteiger partial charge in [-0.1, -0.05) is 13.8 Å². The van der Waals surface area contributed by atoms with Crippen LogP contribution in [-0.4, -0.2) is 59.7 Å². The van der Waals surface area contributed by atoms with E-state index in [1.165, 1.54) is 17.7 Å². The van der Waals surface area contributed by atoms with Crippen molar-refractivity contribution in [3.05, 3.63) is 47.3 Å². The molecule has 38 heavy (non-hydrogen) atoms. The molecule has 10 heteroatoms. The first-order valence-corrected chi connectivity index (χ1v) is 13.0. The second-order valence-electron chi connectivity index (χ2n) is 11.3. The number of carbonyl (C=O) groups is 2.